The highest BCUT2D eigenvalue weighted by Crippen LogP contribution is 2.26. The fourth-order valence-electron chi connectivity index (χ4n) is 2.93. The van der Waals surface area contributed by atoms with Crippen LogP contribution in [0.15, 0.2) is 42.5 Å². The van der Waals surface area contributed by atoms with Gasteiger partial charge in [0.25, 0.3) is 0 Å². The largest absolute Gasteiger partial charge is 0.354 e. The van der Waals surface area contributed by atoms with Crippen molar-refractivity contribution in [3.05, 3.63) is 64.2 Å². The van der Waals surface area contributed by atoms with Gasteiger partial charge in [-0.2, -0.15) is 0 Å². The summed E-state index contributed by atoms with van der Waals surface area (Å²) in [6.45, 7) is 5.93. The topological polar surface area (TPSA) is 66.5 Å². The molecule has 2 rings (SSSR count). The summed E-state index contributed by atoms with van der Waals surface area (Å²) >= 11 is 6.14. The Hall–Kier alpha value is -2.05. The number of carbonyl (C=O) groups is 1. The quantitative estimate of drug-likeness (QED) is 0.657. The summed E-state index contributed by atoms with van der Waals surface area (Å²) in [7, 11) is -3.66. The summed E-state index contributed by atoms with van der Waals surface area (Å²) in [6.07, 6.45) is 2.71. The van der Waals surface area contributed by atoms with Crippen molar-refractivity contribution in [3.63, 3.8) is 0 Å². The number of halogens is 1. The first-order valence-electron chi connectivity index (χ1n) is 9.18. The molecule has 152 valence electrons. The number of nitrogens with one attached hydrogen (secondary N) is 1. The minimum absolute atomic E-state index is 0.342. The molecule has 0 saturated heterocycles. The van der Waals surface area contributed by atoms with Crippen LogP contribution in [0.5, 0.6) is 0 Å². The summed E-state index contributed by atoms with van der Waals surface area (Å²) in [5.74, 6) is -0.342. The minimum Gasteiger partial charge on any atom is -0.354 e. The van der Waals surface area contributed by atoms with E-state index in [1.807, 2.05) is 13.8 Å². The van der Waals surface area contributed by atoms with Crippen LogP contribution in [0.1, 0.15) is 30.0 Å². The molecule has 2 aromatic rings. The van der Waals surface area contributed by atoms with Crippen molar-refractivity contribution in [3.8, 4) is 0 Å². The van der Waals surface area contributed by atoms with E-state index in [9.17, 15) is 13.2 Å². The maximum atomic E-state index is 12.6. The molecule has 7 heteroatoms. The monoisotopic (exact) mass is 422 g/mol. The van der Waals surface area contributed by atoms with Crippen LogP contribution in [-0.2, 0) is 21.2 Å². The fourth-order valence-corrected chi connectivity index (χ4v) is 4.28. The Morgan fingerprint density at radius 1 is 1.14 bits per heavy atom. The zero-order chi connectivity index (χ0) is 20.9. The van der Waals surface area contributed by atoms with Gasteiger partial charge in [0.15, 0.2) is 0 Å². The lowest BCUT2D eigenvalue weighted by molar-refractivity contribution is -0.121. The molecule has 5 nitrogen and oxygen atoms in total. The van der Waals surface area contributed by atoms with E-state index in [0.717, 1.165) is 29.0 Å². The first-order valence-corrected chi connectivity index (χ1v) is 11.4. The molecule has 0 spiro atoms. The molecular formula is C21H27ClN2O3S. The predicted molar refractivity (Wildman–Crippen MR) is 115 cm³/mol. The molecule has 0 heterocycles. The van der Waals surface area contributed by atoms with Gasteiger partial charge >= 0.3 is 0 Å². The SMILES string of the molecule is Cc1ccc(CCCNC(=O)[C@@H](C)N(c2ccc(C)c(Cl)c2)S(C)(=O)=O)cc1. The van der Waals surface area contributed by atoms with Crippen LogP contribution in [0.3, 0.4) is 0 Å². The van der Waals surface area contributed by atoms with E-state index in [1.165, 1.54) is 11.1 Å². The minimum atomic E-state index is -3.66. The van der Waals surface area contributed by atoms with E-state index in [1.54, 1.807) is 25.1 Å². The van der Waals surface area contributed by atoms with Gasteiger partial charge in [-0.15, -0.1) is 0 Å². The normalized spacial score (nSPS) is 12.5. The molecule has 0 fully saturated rings. The summed E-state index contributed by atoms with van der Waals surface area (Å²) in [6, 6.07) is 12.4. The van der Waals surface area contributed by atoms with Gasteiger partial charge in [0, 0.05) is 11.6 Å². The number of benzene rings is 2. The molecule has 0 saturated carbocycles. The Bertz CT molecular complexity index is 927. The third kappa shape index (κ3) is 5.97. The Morgan fingerprint density at radius 2 is 1.79 bits per heavy atom. The van der Waals surface area contributed by atoms with E-state index in [4.69, 9.17) is 11.6 Å². The lowest BCUT2D eigenvalue weighted by atomic mass is 10.1. The second-order valence-electron chi connectivity index (χ2n) is 7.05. The number of hydrogen-bond acceptors (Lipinski definition) is 3. The number of aryl methyl sites for hydroxylation is 3. The highest BCUT2D eigenvalue weighted by Gasteiger charge is 2.29. The Labute approximate surface area is 172 Å². The summed E-state index contributed by atoms with van der Waals surface area (Å²) in [5.41, 5.74) is 3.63. The molecule has 0 aliphatic rings. The van der Waals surface area contributed by atoms with Gasteiger partial charge in [0.2, 0.25) is 15.9 Å². The zero-order valence-electron chi connectivity index (χ0n) is 16.7. The van der Waals surface area contributed by atoms with Gasteiger partial charge < -0.3 is 5.32 Å². The van der Waals surface area contributed by atoms with Crippen molar-refractivity contribution in [2.45, 2.75) is 39.7 Å². The number of sulfonamides is 1. The Morgan fingerprint density at radius 3 is 2.36 bits per heavy atom. The van der Waals surface area contributed by atoms with E-state index in [-0.39, 0.29) is 5.91 Å². The van der Waals surface area contributed by atoms with Gasteiger partial charge in [0.1, 0.15) is 6.04 Å². The molecule has 28 heavy (non-hydrogen) atoms. The molecule has 0 radical (unpaired) electrons. The highest BCUT2D eigenvalue weighted by atomic mass is 35.5. The van der Waals surface area contributed by atoms with Crippen molar-refractivity contribution < 1.29 is 13.2 Å². The maximum absolute atomic E-state index is 12.6. The molecule has 0 bridgehead atoms. The standard InChI is InChI=1S/C21H27ClN2O3S/c1-15-7-10-18(11-8-15)6-5-13-23-21(25)17(3)24(28(4,26)27)19-12-9-16(2)20(22)14-19/h7-12,14,17H,5-6,13H2,1-4H3,(H,23,25)/t17-/m1/s1. The van der Waals surface area contributed by atoms with Gasteiger partial charge in [-0.3, -0.25) is 9.10 Å². The third-order valence-electron chi connectivity index (χ3n) is 4.56. The molecule has 0 aromatic heterocycles. The number of amides is 1. The maximum Gasteiger partial charge on any atom is 0.243 e. The molecule has 0 unspecified atom stereocenters. The number of carbonyl (C=O) groups excluding carboxylic acids is 1. The molecule has 1 atom stereocenters. The van der Waals surface area contributed by atoms with Crippen molar-refractivity contribution in [2.75, 3.05) is 17.1 Å². The highest BCUT2D eigenvalue weighted by molar-refractivity contribution is 7.92. The average Bonchev–Trinajstić information content (AvgIpc) is 2.62. The van der Waals surface area contributed by atoms with Crippen LogP contribution >= 0.6 is 11.6 Å². The molecule has 1 N–H and O–H groups in total. The van der Waals surface area contributed by atoms with E-state index in [0.29, 0.717) is 17.3 Å². The number of nitrogens with zero attached hydrogens (tertiary/aromatic N) is 1. The van der Waals surface area contributed by atoms with Crippen molar-refractivity contribution in [1.29, 1.82) is 0 Å². The summed E-state index contributed by atoms with van der Waals surface area (Å²) in [4.78, 5) is 12.6. The van der Waals surface area contributed by atoms with Crippen LogP contribution in [0, 0.1) is 13.8 Å². The van der Waals surface area contributed by atoms with Crippen LogP contribution in [-0.4, -0.2) is 33.2 Å². The van der Waals surface area contributed by atoms with E-state index >= 15 is 0 Å². The van der Waals surface area contributed by atoms with E-state index < -0.39 is 16.1 Å². The zero-order valence-corrected chi connectivity index (χ0v) is 18.3. The predicted octanol–water partition coefficient (Wildman–Crippen LogP) is 3.86. The van der Waals surface area contributed by atoms with Crippen LogP contribution in [0.2, 0.25) is 5.02 Å². The smallest absolute Gasteiger partial charge is 0.243 e. The Balaban J connectivity index is 2.01. The van der Waals surface area contributed by atoms with Crippen molar-refractivity contribution in [2.24, 2.45) is 0 Å². The third-order valence-corrected chi connectivity index (χ3v) is 6.21. The van der Waals surface area contributed by atoms with Gasteiger partial charge in [-0.1, -0.05) is 47.5 Å². The lowest BCUT2D eigenvalue weighted by Gasteiger charge is -2.28. The first kappa shape index (κ1) is 22.2. The summed E-state index contributed by atoms with van der Waals surface area (Å²) in [5, 5.41) is 3.29. The number of anilines is 1. The van der Waals surface area contributed by atoms with Gasteiger partial charge in [-0.25, -0.2) is 8.42 Å². The van der Waals surface area contributed by atoms with Crippen LogP contribution < -0.4 is 9.62 Å². The number of hydrogen-bond donors (Lipinski definition) is 1. The molecule has 0 aliphatic carbocycles. The molecule has 1 amide bonds. The molecule has 0 aliphatic heterocycles. The summed E-state index contributed by atoms with van der Waals surface area (Å²) < 4.78 is 25.7. The Kier molecular flexibility index (Phi) is 7.49. The van der Waals surface area contributed by atoms with Gasteiger partial charge in [0.05, 0.1) is 11.9 Å². The fraction of sp³-hybridized carbons (Fsp3) is 0.381. The average molecular weight is 423 g/mol. The second kappa shape index (κ2) is 9.43. The van der Waals surface area contributed by atoms with Crippen LogP contribution in [0.4, 0.5) is 5.69 Å². The van der Waals surface area contributed by atoms with E-state index in [2.05, 4.69) is 29.6 Å². The lowest BCUT2D eigenvalue weighted by Crippen LogP contribution is -2.48. The molecular weight excluding hydrogens is 396 g/mol. The number of rotatable bonds is 8. The van der Waals surface area contributed by atoms with Crippen molar-refractivity contribution >= 4 is 33.2 Å². The molecule has 2 aromatic carbocycles. The van der Waals surface area contributed by atoms with Crippen molar-refractivity contribution in [1.82, 2.24) is 5.32 Å². The first-order chi connectivity index (χ1) is 13.1. The van der Waals surface area contributed by atoms with Gasteiger partial charge in [-0.05, 0) is 56.9 Å². The van der Waals surface area contributed by atoms with Crippen LogP contribution in [0.25, 0.3) is 0 Å². The second-order valence-corrected chi connectivity index (χ2v) is 9.32.